The van der Waals surface area contributed by atoms with E-state index < -0.39 is 41.1 Å². The number of hydrogen-bond acceptors (Lipinski definition) is 6. The zero-order chi connectivity index (χ0) is 18.1. The molecule has 0 aromatic heterocycles. The second-order valence-electron chi connectivity index (χ2n) is 6.08. The number of Topliss-reactive ketones (excluding diaryl/α,β-unsaturated/α-hetero) is 1. The Balaban J connectivity index is 2.63. The van der Waals surface area contributed by atoms with Crippen LogP contribution in [0.25, 0.3) is 0 Å². The van der Waals surface area contributed by atoms with Crippen LogP contribution in [0.3, 0.4) is 0 Å². The number of esters is 2. The first-order valence-corrected chi connectivity index (χ1v) is 7.77. The van der Waals surface area contributed by atoms with Crippen LogP contribution >= 0.6 is 11.6 Å². The van der Waals surface area contributed by atoms with Crippen LogP contribution in [0.1, 0.15) is 24.8 Å². The van der Waals surface area contributed by atoms with Crippen molar-refractivity contribution < 1.29 is 29.0 Å². The normalized spacial score (nSPS) is 29.9. The molecule has 1 aromatic rings. The summed E-state index contributed by atoms with van der Waals surface area (Å²) in [5.41, 5.74) is -1.11. The average Bonchev–Trinajstić information content (AvgIpc) is 2.53. The first-order valence-electron chi connectivity index (χ1n) is 7.39. The first-order chi connectivity index (χ1) is 11.2. The van der Waals surface area contributed by atoms with Gasteiger partial charge in [-0.2, -0.15) is 0 Å². The van der Waals surface area contributed by atoms with Gasteiger partial charge < -0.3 is 14.6 Å². The molecule has 4 atom stereocenters. The smallest absolute Gasteiger partial charge is 0.316 e. The molecule has 7 heteroatoms. The number of hydrogen-bond donors (Lipinski definition) is 1. The molecule has 1 fully saturated rings. The van der Waals surface area contributed by atoms with Crippen molar-refractivity contribution in [1.82, 2.24) is 0 Å². The zero-order valence-corrected chi connectivity index (χ0v) is 14.4. The van der Waals surface area contributed by atoms with Gasteiger partial charge in [-0.05, 0) is 24.6 Å². The number of methoxy groups -OCH3 is 2. The molecule has 1 aliphatic carbocycles. The molecule has 2 rings (SSSR count). The summed E-state index contributed by atoms with van der Waals surface area (Å²) in [6, 6.07) is 6.42. The molecule has 0 spiro atoms. The molecule has 0 amide bonds. The van der Waals surface area contributed by atoms with E-state index in [2.05, 4.69) is 0 Å². The van der Waals surface area contributed by atoms with Crippen LogP contribution in [0.15, 0.2) is 24.3 Å². The minimum absolute atomic E-state index is 0.337. The van der Waals surface area contributed by atoms with Crippen LogP contribution in [0.2, 0.25) is 5.02 Å². The number of aliphatic hydroxyl groups is 1. The Morgan fingerprint density at radius 3 is 2.21 bits per heavy atom. The van der Waals surface area contributed by atoms with E-state index in [1.54, 1.807) is 24.3 Å². The van der Waals surface area contributed by atoms with Gasteiger partial charge in [-0.3, -0.25) is 14.4 Å². The van der Waals surface area contributed by atoms with Gasteiger partial charge in [-0.1, -0.05) is 23.7 Å². The van der Waals surface area contributed by atoms with E-state index in [1.807, 2.05) is 0 Å². The van der Waals surface area contributed by atoms with Crippen molar-refractivity contribution in [1.29, 1.82) is 0 Å². The molecule has 1 aliphatic rings. The van der Waals surface area contributed by atoms with Crippen LogP contribution in [-0.2, 0) is 23.9 Å². The van der Waals surface area contributed by atoms with Gasteiger partial charge in [0.05, 0.1) is 25.7 Å². The Morgan fingerprint density at radius 1 is 1.17 bits per heavy atom. The number of benzene rings is 1. The fraction of sp³-hybridized carbons (Fsp3) is 0.471. The third-order valence-corrected chi connectivity index (χ3v) is 4.68. The molecule has 1 saturated carbocycles. The fourth-order valence-corrected chi connectivity index (χ4v) is 3.48. The number of ketones is 1. The molecule has 0 heterocycles. The van der Waals surface area contributed by atoms with Gasteiger partial charge >= 0.3 is 11.9 Å². The van der Waals surface area contributed by atoms with E-state index >= 15 is 0 Å². The summed E-state index contributed by atoms with van der Waals surface area (Å²) < 4.78 is 9.56. The lowest BCUT2D eigenvalue weighted by atomic mass is 9.62. The molecule has 24 heavy (non-hydrogen) atoms. The third-order valence-electron chi connectivity index (χ3n) is 4.43. The maximum atomic E-state index is 12.5. The molecule has 130 valence electrons. The van der Waals surface area contributed by atoms with E-state index in [9.17, 15) is 19.5 Å². The Bertz CT molecular complexity index is 652. The second-order valence-corrected chi connectivity index (χ2v) is 6.52. The molecule has 0 aliphatic heterocycles. The minimum Gasteiger partial charge on any atom is -0.469 e. The summed E-state index contributed by atoms with van der Waals surface area (Å²) in [4.78, 5) is 37.0. The van der Waals surface area contributed by atoms with E-state index in [1.165, 1.54) is 21.1 Å². The van der Waals surface area contributed by atoms with Crippen molar-refractivity contribution in [3.8, 4) is 0 Å². The Kier molecular flexibility index (Phi) is 5.30. The van der Waals surface area contributed by atoms with Crippen LogP contribution in [0, 0.1) is 11.8 Å². The maximum Gasteiger partial charge on any atom is 0.316 e. The van der Waals surface area contributed by atoms with Crippen molar-refractivity contribution in [3.63, 3.8) is 0 Å². The molecular weight excluding hydrogens is 336 g/mol. The number of carbonyl (C=O) groups is 3. The summed E-state index contributed by atoms with van der Waals surface area (Å²) in [6.07, 6.45) is -0.337. The van der Waals surface area contributed by atoms with Crippen molar-refractivity contribution in [3.05, 3.63) is 34.9 Å². The first kappa shape index (κ1) is 18.4. The van der Waals surface area contributed by atoms with Gasteiger partial charge in [0, 0.05) is 17.4 Å². The lowest BCUT2D eigenvalue weighted by molar-refractivity contribution is -0.170. The number of carbonyl (C=O) groups excluding carboxylic acids is 3. The molecule has 0 saturated heterocycles. The van der Waals surface area contributed by atoms with Gasteiger partial charge in [0.15, 0.2) is 5.78 Å². The minimum atomic E-state index is -1.64. The van der Waals surface area contributed by atoms with E-state index in [0.717, 1.165) is 0 Å². The van der Waals surface area contributed by atoms with Gasteiger partial charge in [0.2, 0.25) is 0 Å². The Labute approximate surface area is 144 Å². The summed E-state index contributed by atoms with van der Waals surface area (Å²) >= 11 is 5.89. The predicted octanol–water partition coefficient (Wildman–Crippen LogP) is 1.73. The van der Waals surface area contributed by atoms with E-state index in [-0.39, 0.29) is 6.42 Å². The average molecular weight is 355 g/mol. The molecule has 1 aromatic carbocycles. The van der Waals surface area contributed by atoms with Gasteiger partial charge in [0.25, 0.3) is 0 Å². The van der Waals surface area contributed by atoms with Crippen LogP contribution in [0.5, 0.6) is 0 Å². The summed E-state index contributed by atoms with van der Waals surface area (Å²) in [5, 5.41) is 11.1. The summed E-state index contributed by atoms with van der Waals surface area (Å²) in [6.45, 7) is 1.39. The quantitative estimate of drug-likeness (QED) is 0.656. The van der Waals surface area contributed by atoms with Gasteiger partial charge in [0.1, 0.15) is 5.92 Å². The molecule has 0 unspecified atom stereocenters. The summed E-state index contributed by atoms with van der Waals surface area (Å²) in [5.74, 6) is -5.11. The molecule has 0 radical (unpaired) electrons. The Hall–Kier alpha value is -1.92. The molecule has 1 N–H and O–H groups in total. The maximum absolute atomic E-state index is 12.5. The standard InChI is InChI=1S/C17H19ClO6/c1-17(22)8-11(19)13(15(20)23-2)12(14(17)16(21)24-3)9-4-6-10(18)7-5-9/h4-7,12-14,22H,8H2,1-3H3/t12-,13-,14-,17+/m0/s1. The lowest BCUT2D eigenvalue weighted by Gasteiger charge is -2.43. The van der Waals surface area contributed by atoms with E-state index in [4.69, 9.17) is 21.1 Å². The lowest BCUT2D eigenvalue weighted by Crippen LogP contribution is -2.55. The third kappa shape index (κ3) is 3.30. The highest BCUT2D eigenvalue weighted by Crippen LogP contribution is 2.46. The topological polar surface area (TPSA) is 89.9 Å². The van der Waals surface area contributed by atoms with Crippen molar-refractivity contribution in [2.45, 2.75) is 24.9 Å². The number of halogens is 1. The van der Waals surface area contributed by atoms with Gasteiger partial charge in [-0.25, -0.2) is 0 Å². The molecular formula is C17H19ClO6. The highest BCUT2D eigenvalue weighted by Gasteiger charge is 2.56. The molecule has 6 nitrogen and oxygen atoms in total. The van der Waals surface area contributed by atoms with E-state index in [0.29, 0.717) is 10.6 Å². The summed E-state index contributed by atoms with van der Waals surface area (Å²) in [7, 11) is 2.37. The molecule has 0 bridgehead atoms. The Morgan fingerprint density at radius 2 is 1.71 bits per heavy atom. The largest absolute Gasteiger partial charge is 0.469 e. The highest BCUT2D eigenvalue weighted by molar-refractivity contribution is 6.30. The van der Waals surface area contributed by atoms with Crippen LogP contribution in [-0.4, -0.2) is 42.6 Å². The van der Waals surface area contributed by atoms with Crippen molar-refractivity contribution in [2.75, 3.05) is 14.2 Å². The van der Waals surface area contributed by atoms with Crippen molar-refractivity contribution >= 4 is 29.3 Å². The zero-order valence-electron chi connectivity index (χ0n) is 13.6. The SMILES string of the molecule is COC(=O)[C@H]1C(=O)C[C@@](C)(O)[C@H](C(=O)OC)[C@H]1c1ccc(Cl)cc1. The second kappa shape index (κ2) is 6.91. The number of rotatable bonds is 3. The van der Waals surface area contributed by atoms with Crippen LogP contribution < -0.4 is 0 Å². The van der Waals surface area contributed by atoms with Gasteiger partial charge in [-0.15, -0.1) is 0 Å². The van der Waals surface area contributed by atoms with Crippen molar-refractivity contribution in [2.24, 2.45) is 11.8 Å². The fourth-order valence-electron chi connectivity index (χ4n) is 3.35. The monoisotopic (exact) mass is 354 g/mol. The predicted molar refractivity (Wildman–Crippen MR) is 85.5 cm³/mol. The number of ether oxygens (including phenoxy) is 2. The highest BCUT2D eigenvalue weighted by atomic mass is 35.5. The van der Waals surface area contributed by atoms with Crippen LogP contribution in [0.4, 0.5) is 0 Å².